The molecule has 0 atom stereocenters. The Morgan fingerprint density at radius 2 is 1.79 bits per heavy atom. The van der Waals surface area contributed by atoms with E-state index in [-0.39, 0.29) is 5.78 Å². The summed E-state index contributed by atoms with van der Waals surface area (Å²) in [6, 6.07) is 3.60. The van der Waals surface area contributed by atoms with Crippen LogP contribution in [0.15, 0.2) is 17.3 Å². The fourth-order valence-electron chi connectivity index (χ4n) is 1.30. The predicted molar refractivity (Wildman–Crippen MR) is 55.3 cm³/mol. The van der Waals surface area contributed by atoms with Crippen molar-refractivity contribution in [1.82, 2.24) is 0 Å². The number of benzene rings is 1. The smallest absolute Gasteiger partial charge is 0.207 e. The highest BCUT2D eigenvalue weighted by Gasteiger charge is 2.06. The first-order valence-electron chi connectivity index (χ1n) is 4.36. The number of carbonyl (C=O) groups is 1. The minimum absolute atomic E-state index is 0.279. The second-order valence-electron chi connectivity index (χ2n) is 3.34. The molecule has 1 rings (SSSR count). The van der Waals surface area contributed by atoms with Crippen LogP contribution in [0.25, 0.3) is 0 Å². The van der Waals surface area contributed by atoms with Crippen molar-refractivity contribution in [3.8, 4) is 0 Å². The summed E-state index contributed by atoms with van der Waals surface area (Å²) < 4.78 is 0. The Morgan fingerprint density at radius 1 is 1.29 bits per heavy atom. The second kappa shape index (κ2) is 4.05. The summed E-state index contributed by atoms with van der Waals surface area (Å²) in [5.74, 6) is -0.279. The Hall–Kier alpha value is -1.64. The summed E-state index contributed by atoms with van der Waals surface area (Å²) in [5, 5.41) is 11.0. The molecule has 3 heteroatoms. The van der Waals surface area contributed by atoms with Crippen LogP contribution >= 0.6 is 0 Å². The van der Waals surface area contributed by atoms with Crippen molar-refractivity contribution in [2.24, 2.45) is 5.16 Å². The molecule has 3 nitrogen and oxygen atoms in total. The van der Waals surface area contributed by atoms with Crippen LogP contribution < -0.4 is 0 Å². The van der Waals surface area contributed by atoms with Crippen molar-refractivity contribution in [3.63, 3.8) is 0 Å². The van der Waals surface area contributed by atoms with Crippen molar-refractivity contribution in [3.05, 3.63) is 34.4 Å². The van der Waals surface area contributed by atoms with Crippen LogP contribution in [0.4, 0.5) is 0 Å². The number of carbonyl (C=O) groups excluding carboxylic acids is 1. The molecule has 0 fully saturated rings. The van der Waals surface area contributed by atoms with E-state index in [0.717, 1.165) is 17.3 Å². The van der Waals surface area contributed by atoms with E-state index < -0.39 is 0 Å². The molecule has 0 aliphatic rings. The highest BCUT2D eigenvalue weighted by atomic mass is 16.4. The van der Waals surface area contributed by atoms with Gasteiger partial charge in [-0.1, -0.05) is 5.16 Å². The second-order valence-corrected chi connectivity index (χ2v) is 3.34. The van der Waals surface area contributed by atoms with Gasteiger partial charge in [0.2, 0.25) is 5.78 Å². The fourth-order valence-corrected chi connectivity index (χ4v) is 1.30. The number of hydrogen-bond acceptors (Lipinski definition) is 3. The zero-order valence-electron chi connectivity index (χ0n) is 8.53. The van der Waals surface area contributed by atoms with E-state index in [4.69, 9.17) is 5.21 Å². The topological polar surface area (TPSA) is 49.7 Å². The van der Waals surface area contributed by atoms with Crippen LogP contribution in [-0.2, 0) is 0 Å². The molecule has 0 radical (unpaired) electrons. The van der Waals surface area contributed by atoms with E-state index in [0.29, 0.717) is 5.56 Å². The Bertz CT molecular complexity index is 371. The van der Waals surface area contributed by atoms with Crippen molar-refractivity contribution in [2.45, 2.75) is 20.8 Å². The number of nitrogens with zero attached hydrogens (tertiary/aromatic N) is 1. The van der Waals surface area contributed by atoms with Crippen LogP contribution in [0.2, 0.25) is 0 Å². The maximum Gasteiger partial charge on any atom is 0.207 e. The van der Waals surface area contributed by atoms with Crippen LogP contribution in [0.1, 0.15) is 27.0 Å². The number of aryl methyl sites for hydroxylation is 2. The van der Waals surface area contributed by atoms with Gasteiger partial charge in [0.1, 0.15) is 6.21 Å². The first-order chi connectivity index (χ1) is 6.56. The van der Waals surface area contributed by atoms with Gasteiger partial charge >= 0.3 is 0 Å². The Labute approximate surface area is 83.1 Å². The van der Waals surface area contributed by atoms with E-state index in [1.807, 2.05) is 20.8 Å². The lowest BCUT2D eigenvalue weighted by Gasteiger charge is -2.06. The van der Waals surface area contributed by atoms with Gasteiger partial charge in [-0.15, -0.1) is 0 Å². The maximum absolute atomic E-state index is 11.4. The van der Waals surface area contributed by atoms with Crippen LogP contribution in [0, 0.1) is 20.8 Å². The van der Waals surface area contributed by atoms with E-state index in [9.17, 15) is 4.79 Å². The van der Waals surface area contributed by atoms with Gasteiger partial charge in [0.15, 0.2) is 0 Å². The highest BCUT2D eigenvalue weighted by Crippen LogP contribution is 2.15. The molecule has 0 heterocycles. The third-order valence-corrected chi connectivity index (χ3v) is 2.39. The average molecular weight is 191 g/mol. The summed E-state index contributed by atoms with van der Waals surface area (Å²) in [4.78, 5) is 11.4. The number of hydrogen-bond donors (Lipinski definition) is 1. The van der Waals surface area contributed by atoms with Crippen molar-refractivity contribution < 1.29 is 10.0 Å². The lowest BCUT2D eigenvalue weighted by Crippen LogP contribution is -2.02. The molecule has 0 amide bonds. The third-order valence-electron chi connectivity index (χ3n) is 2.39. The van der Waals surface area contributed by atoms with Crippen molar-refractivity contribution >= 4 is 12.0 Å². The molecule has 0 saturated heterocycles. The summed E-state index contributed by atoms with van der Waals surface area (Å²) in [7, 11) is 0. The molecule has 0 unspecified atom stereocenters. The van der Waals surface area contributed by atoms with Gasteiger partial charge in [0, 0.05) is 5.56 Å². The zero-order chi connectivity index (χ0) is 10.7. The van der Waals surface area contributed by atoms with E-state index in [1.165, 1.54) is 5.56 Å². The molecule has 0 spiro atoms. The van der Waals surface area contributed by atoms with Crippen molar-refractivity contribution in [2.75, 3.05) is 0 Å². The van der Waals surface area contributed by atoms with Gasteiger partial charge in [0.25, 0.3) is 0 Å². The average Bonchev–Trinajstić information content (AvgIpc) is 2.13. The molecule has 14 heavy (non-hydrogen) atoms. The number of oxime groups is 1. The Kier molecular flexibility index (Phi) is 3.02. The molecule has 0 aliphatic carbocycles. The third kappa shape index (κ3) is 1.99. The molecule has 0 bridgehead atoms. The zero-order valence-corrected chi connectivity index (χ0v) is 8.53. The first-order valence-corrected chi connectivity index (χ1v) is 4.36. The minimum atomic E-state index is -0.279. The summed E-state index contributed by atoms with van der Waals surface area (Å²) in [6.07, 6.45) is 0.906. The summed E-state index contributed by atoms with van der Waals surface area (Å²) in [6.45, 7) is 5.92. The lowest BCUT2D eigenvalue weighted by molar-refractivity contribution is 0.106. The van der Waals surface area contributed by atoms with Crippen molar-refractivity contribution in [1.29, 1.82) is 0 Å². The molecule has 0 aromatic heterocycles. The van der Waals surface area contributed by atoms with Gasteiger partial charge in [0.05, 0.1) is 0 Å². The molecule has 0 aliphatic heterocycles. The summed E-state index contributed by atoms with van der Waals surface area (Å²) >= 11 is 0. The fraction of sp³-hybridized carbons (Fsp3) is 0.273. The maximum atomic E-state index is 11.4. The molecular formula is C11H13NO2. The van der Waals surface area contributed by atoms with Gasteiger partial charge in [-0.25, -0.2) is 0 Å². The van der Waals surface area contributed by atoms with Gasteiger partial charge < -0.3 is 5.21 Å². The van der Waals surface area contributed by atoms with Gasteiger partial charge in [-0.2, -0.15) is 0 Å². The number of rotatable bonds is 2. The molecule has 1 aromatic rings. The Balaban J connectivity index is 3.19. The quantitative estimate of drug-likeness (QED) is 0.337. The molecule has 1 N–H and O–H groups in total. The van der Waals surface area contributed by atoms with E-state index >= 15 is 0 Å². The van der Waals surface area contributed by atoms with Crippen LogP contribution in [0.5, 0.6) is 0 Å². The number of ketones is 1. The predicted octanol–water partition coefficient (Wildman–Crippen LogP) is 2.25. The van der Waals surface area contributed by atoms with Gasteiger partial charge in [-0.3, -0.25) is 4.79 Å². The normalized spacial score (nSPS) is 10.8. The molecule has 1 aromatic carbocycles. The highest BCUT2D eigenvalue weighted by molar-refractivity contribution is 6.35. The van der Waals surface area contributed by atoms with Gasteiger partial charge in [-0.05, 0) is 49.6 Å². The number of Topliss-reactive ketones (excluding diaryl/α,β-unsaturated/α-hetero) is 1. The van der Waals surface area contributed by atoms with E-state index in [2.05, 4.69) is 5.16 Å². The standard InChI is InChI=1S/C11H13NO2/c1-7-4-10(11(13)6-12-14)5-8(2)9(7)3/h4-6,14H,1-3H3/b12-6+. The monoisotopic (exact) mass is 191 g/mol. The molecule has 0 saturated carbocycles. The lowest BCUT2D eigenvalue weighted by atomic mass is 9.99. The molecular weight excluding hydrogens is 178 g/mol. The molecule has 74 valence electrons. The van der Waals surface area contributed by atoms with Crippen LogP contribution in [0.3, 0.4) is 0 Å². The van der Waals surface area contributed by atoms with Crippen LogP contribution in [-0.4, -0.2) is 17.2 Å². The SMILES string of the molecule is Cc1cc(C(=O)/C=N/O)cc(C)c1C. The first kappa shape index (κ1) is 10.4. The van der Waals surface area contributed by atoms with E-state index in [1.54, 1.807) is 12.1 Å². The Morgan fingerprint density at radius 3 is 2.21 bits per heavy atom. The minimum Gasteiger partial charge on any atom is -0.411 e. The summed E-state index contributed by atoms with van der Waals surface area (Å²) in [5.41, 5.74) is 3.88. The largest absolute Gasteiger partial charge is 0.411 e.